The van der Waals surface area contributed by atoms with E-state index < -0.39 is 4.87 Å². The molecule has 2 heterocycles. The van der Waals surface area contributed by atoms with Crippen LogP contribution in [-0.4, -0.2) is 26.9 Å². The van der Waals surface area contributed by atoms with Crippen molar-refractivity contribution in [2.45, 2.75) is 25.6 Å². The number of aromatic nitrogens is 1. The zero-order valence-electron chi connectivity index (χ0n) is 8.77. The van der Waals surface area contributed by atoms with Crippen LogP contribution >= 0.6 is 23.1 Å². The summed E-state index contributed by atoms with van der Waals surface area (Å²) in [6.45, 7) is 5.68. The fourth-order valence-corrected chi connectivity index (χ4v) is 3.96. The summed E-state index contributed by atoms with van der Waals surface area (Å²) in [5.41, 5.74) is 0.890. The number of hydrogen-bond acceptors (Lipinski definition) is 5. The molecule has 0 saturated carbocycles. The maximum Gasteiger partial charge on any atom is 0.257 e. The Morgan fingerprint density at radius 1 is 1.53 bits per heavy atom. The number of thiazole rings is 1. The number of carbonyl (C=O) groups excluding carboxylic acids is 1. The van der Waals surface area contributed by atoms with Gasteiger partial charge in [-0.05, 0) is 20.8 Å². The molecular formula is C9H12N2O2S2. The van der Waals surface area contributed by atoms with Crippen LogP contribution in [0.4, 0.5) is 0 Å². The fourth-order valence-electron chi connectivity index (χ4n) is 1.69. The standard InChI is InChI=1S/C9H12N2O2S2/c1-5-8(15-6(2)10-5)9(3)11(13)7(12)4-14-9/h13H,4H2,1-3H3. The Kier molecular flexibility index (Phi) is 2.52. The Balaban J connectivity index is 2.46. The van der Waals surface area contributed by atoms with Gasteiger partial charge in [-0.15, -0.1) is 23.1 Å². The van der Waals surface area contributed by atoms with Crippen molar-refractivity contribution in [1.29, 1.82) is 0 Å². The third kappa shape index (κ3) is 1.56. The molecule has 1 fully saturated rings. The van der Waals surface area contributed by atoms with Crippen molar-refractivity contribution in [3.8, 4) is 0 Å². The van der Waals surface area contributed by atoms with Crippen molar-refractivity contribution in [3.05, 3.63) is 15.6 Å². The SMILES string of the molecule is Cc1nc(C)c(C2(C)SCC(=O)N2O)s1. The molecule has 1 atom stereocenters. The number of thioether (sulfide) groups is 1. The summed E-state index contributed by atoms with van der Waals surface area (Å²) in [4.78, 5) is 15.9. The molecule has 0 aliphatic carbocycles. The van der Waals surface area contributed by atoms with Crippen LogP contribution in [0, 0.1) is 13.8 Å². The second kappa shape index (κ2) is 3.47. The molecule has 1 N–H and O–H groups in total. The predicted octanol–water partition coefficient (Wildman–Crippen LogP) is 1.90. The minimum Gasteiger partial charge on any atom is -0.284 e. The van der Waals surface area contributed by atoms with Gasteiger partial charge in [0.25, 0.3) is 5.91 Å². The van der Waals surface area contributed by atoms with E-state index in [0.29, 0.717) is 5.75 Å². The molecule has 1 unspecified atom stereocenters. The zero-order valence-corrected chi connectivity index (χ0v) is 10.4. The van der Waals surface area contributed by atoms with Gasteiger partial charge in [0.05, 0.1) is 21.3 Å². The number of amides is 1. The van der Waals surface area contributed by atoms with Crippen molar-refractivity contribution < 1.29 is 10.0 Å². The maximum atomic E-state index is 11.3. The van der Waals surface area contributed by atoms with Gasteiger partial charge in [0.15, 0.2) is 0 Å². The van der Waals surface area contributed by atoms with Crippen molar-refractivity contribution in [2.24, 2.45) is 0 Å². The molecule has 2 rings (SSSR count). The van der Waals surface area contributed by atoms with Crippen molar-refractivity contribution in [1.82, 2.24) is 10.0 Å². The largest absolute Gasteiger partial charge is 0.284 e. The van der Waals surface area contributed by atoms with Crippen molar-refractivity contribution in [3.63, 3.8) is 0 Å². The molecular weight excluding hydrogens is 232 g/mol. The predicted molar refractivity (Wildman–Crippen MR) is 60.0 cm³/mol. The molecule has 1 aromatic rings. The Morgan fingerprint density at radius 3 is 2.60 bits per heavy atom. The van der Waals surface area contributed by atoms with Gasteiger partial charge in [-0.3, -0.25) is 10.0 Å². The van der Waals surface area contributed by atoms with E-state index in [1.165, 1.54) is 23.1 Å². The Labute approximate surface area is 96.3 Å². The van der Waals surface area contributed by atoms with E-state index in [0.717, 1.165) is 20.6 Å². The van der Waals surface area contributed by atoms with Gasteiger partial charge < -0.3 is 0 Å². The van der Waals surface area contributed by atoms with Gasteiger partial charge >= 0.3 is 0 Å². The second-order valence-corrected chi connectivity index (χ2v) is 6.20. The minimum atomic E-state index is -0.660. The number of aryl methyl sites for hydroxylation is 2. The summed E-state index contributed by atoms with van der Waals surface area (Å²) in [6, 6.07) is 0. The highest BCUT2D eigenvalue weighted by Crippen LogP contribution is 2.46. The fraction of sp³-hybridized carbons (Fsp3) is 0.556. The van der Waals surface area contributed by atoms with Crippen LogP contribution in [0.1, 0.15) is 22.5 Å². The molecule has 1 saturated heterocycles. The van der Waals surface area contributed by atoms with Crippen LogP contribution in [0.5, 0.6) is 0 Å². The number of hydrogen-bond donors (Lipinski definition) is 1. The van der Waals surface area contributed by atoms with Crippen LogP contribution in [0.25, 0.3) is 0 Å². The van der Waals surface area contributed by atoms with E-state index >= 15 is 0 Å². The molecule has 4 nitrogen and oxygen atoms in total. The topological polar surface area (TPSA) is 53.4 Å². The van der Waals surface area contributed by atoms with Crippen LogP contribution in [-0.2, 0) is 9.67 Å². The normalized spacial score (nSPS) is 26.4. The summed E-state index contributed by atoms with van der Waals surface area (Å²) in [5, 5.41) is 11.5. The monoisotopic (exact) mass is 244 g/mol. The highest BCUT2D eigenvalue weighted by molar-refractivity contribution is 8.01. The second-order valence-electron chi connectivity index (χ2n) is 3.62. The van der Waals surface area contributed by atoms with E-state index in [2.05, 4.69) is 4.98 Å². The van der Waals surface area contributed by atoms with Gasteiger partial charge in [0.2, 0.25) is 0 Å². The van der Waals surface area contributed by atoms with E-state index in [4.69, 9.17) is 0 Å². The molecule has 1 amide bonds. The number of hydroxylamine groups is 2. The van der Waals surface area contributed by atoms with Gasteiger partial charge in [-0.2, -0.15) is 0 Å². The van der Waals surface area contributed by atoms with Crippen molar-refractivity contribution in [2.75, 3.05) is 5.75 Å². The lowest BCUT2D eigenvalue weighted by Crippen LogP contribution is -2.36. The zero-order chi connectivity index (χ0) is 11.2. The van der Waals surface area contributed by atoms with Crippen LogP contribution in [0.2, 0.25) is 0 Å². The summed E-state index contributed by atoms with van der Waals surface area (Å²) >= 11 is 2.97. The lowest BCUT2D eigenvalue weighted by molar-refractivity contribution is -0.173. The Bertz CT molecular complexity index is 418. The molecule has 15 heavy (non-hydrogen) atoms. The smallest absolute Gasteiger partial charge is 0.257 e. The molecule has 1 aliphatic rings. The Morgan fingerprint density at radius 2 is 2.20 bits per heavy atom. The summed E-state index contributed by atoms with van der Waals surface area (Å²) in [7, 11) is 0. The molecule has 0 radical (unpaired) electrons. The summed E-state index contributed by atoms with van der Waals surface area (Å²) in [5.74, 6) is 0.0802. The van der Waals surface area contributed by atoms with Gasteiger partial charge in [-0.25, -0.2) is 10.0 Å². The first-order chi connectivity index (χ1) is 6.95. The molecule has 1 aliphatic heterocycles. The average molecular weight is 244 g/mol. The Hall–Kier alpha value is -0.590. The van der Waals surface area contributed by atoms with Crippen LogP contribution in [0.15, 0.2) is 0 Å². The van der Waals surface area contributed by atoms with Crippen LogP contribution < -0.4 is 0 Å². The third-order valence-corrected chi connectivity index (χ3v) is 5.19. The molecule has 6 heteroatoms. The highest BCUT2D eigenvalue weighted by atomic mass is 32.2. The molecule has 0 bridgehead atoms. The first kappa shape index (κ1) is 10.9. The van der Waals surface area contributed by atoms with Gasteiger partial charge in [0, 0.05) is 0 Å². The first-order valence-corrected chi connectivity index (χ1v) is 6.36. The van der Waals surface area contributed by atoms with Crippen LogP contribution in [0.3, 0.4) is 0 Å². The maximum absolute atomic E-state index is 11.3. The third-order valence-electron chi connectivity index (χ3n) is 2.44. The highest BCUT2D eigenvalue weighted by Gasteiger charge is 2.45. The summed E-state index contributed by atoms with van der Waals surface area (Å²) in [6.07, 6.45) is 0. The van der Waals surface area contributed by atoms with E-state index in [9.17, 15) is 10.0 Å². The quantitative estimate of drug-likeness (QED) is 0.767. The van der Waals surface area contributed by atoms with E-state index in [1.54, 1.807) is 0 Å². The minimum absolute atomic E-state index is 0.243. The summed E-state index contributed by atoms with van der Waals surface area (Å²) < 4.78 is 0. The molecule has 82 valence electrons. The number of carbonyl (C=O) groups is 1. The van der Waals surface area contributed by atoms with E-state index in [1.807, 2.05) is 20.8 Å². The van der Waals surface area contributed by atoms with Gasteiger partial charge in [0.1, 0.15) is 4.87 Å². The molecule has 0 aromatic carbocycles. The van der Waals surface area contributed by atoms with Gasteiger partial charge in [-0.1, -0.05) is 0 Å². The molecule has 1 aromatic heterocycles. The number of rotatable bonds is 1. The number of nitrogens with zero attached hydrogens (tertiary/aromatic N) is 2. The molecule has 0 spiro atoms. The van der Waals surface area contributed by atoms with Crippen molar-refractivity contribution >= 4 is 29.0 Å². The van der Waals surface area contributed by atoms with E-state index in [-0.39, 0.29) is 5.91 Å². The lowest BCUT2D eigenvalue weighted by atomic mass is 10.2. The lowest BCUT2D eigenvalue weighted by Gasteiger charge is -2.27. The first-order valence-electron chi connectivity index (χ1n) is 4.55. The average Bonchev–Trinajstić information content (AvgIpc) is 2.63.